The second kappa shape index (κ2) is 18.3. The number of benzene rings is 2. The molecule has 0 radical (unpaired) electrons. The largest absolute Gasteiger partial charge is 0.506 e. The van der Waals surface area contributed by atoms with Gasteiger partial charge in [-0.2, -0.15) is 0 Å². The summed E-state index contributed by atoms with van der Waals surface area (Å²) in [7, 11) is 3.57. The zero-order valence-electron chi connectivity index (χ0n) is 31.4. The van der Waals surface area contributed by atoms with Gasteiger partial charge >= 0.3 is 11.9 Å². The third-order valence-corrected chi connectivity index (χ3v) is 12.7. The van der Waals surface area contributed by atoms with E-state index in [0.29, 0.717) is 70.8 Å². The van der Waals surface area contributed by atoms with Crippen LogP contribution in [0.3, 0.4) is 0 Å². The number of rotatable bonds is 16. The number of thiophene rings is 1. The van der Waals surface area contributed by atoms with Gasteiger partial charge in [0.05, 0.1) is 25.2 Å². The van der Waals surface area contributed by atoms with Crippen LogP contribution in [0.15, 0.2) is 58.7 Å². The maximum Gasteiger partial charge on any atom is 0.344 e. The fourth-order valence-electron chi connectivity index (χ4n) is 8.19. The van der Waals surface area contributed by atoms with Gasteiger partial charge in [0.15, 0.2) is 5.60 Å². The highest BCUT2D eigenvalue weighted by Gasteiger charge is 2.49. The van der Waals surface area contributed by atoms with E-state index in [1.807, 2.05) is 24.6 Å². The number of aliphatic hydroxyl groups excluding tert-OH is 1. The number of carbonyl (C=O) groups is 2. The third-order valence-electron chi connectivity index (χ3n) is 11.4. The number of H-pyrrole nitrogens is 1. The lowest BCUT2D eigenvalue weighted by atomic mass is 9.84. The zero-order chi connectivity index (χ0) is 39.1. The third kappa shape index (κ3) is 9.55. The van der Waals surface area contributed by atoms with Crippen molar-refractivity contribution in [3.63, 3.8) is 0 Å². The average molecular weight is 795 g/mol. The summed E-state index contributed by atoms with van der Waals surface area (Å²) in [5.41, 5.74) is 0.416. The molecular weight excluding hydrogens is 744 g/mol. The number of methoxy groups -OCH3 is 1. The maximum atomic E-state index is 13.4. The molecule has 0 aliphatic heterocycles. The summed E-state index contributed by atoms with van der Waals surface area (Å²) in [4.78, 5) is 43.5. The molecule has 0 spiro atoms. The number of ether oxygens (including phenoxy) is 3. The number of aromatic nitrogens is 1. The van der Waals surface area contributed by atoms with Crippen molar-refractivity contribution in [1.82, 2.24) is 9.88 Å². The van der Waals surface area contributed by atoms with Crippen molar-refractivity contribution in [3.05, 3.63) is 90.9 Å². The summed E-state index contributed by atoms with van der Waals surface area (Å²) in [5.74, 6) is -0.503. The number of aliphatic hydroxyl groups is 2. The molecule has 0 unspecified atom stereocenters. The molecule has 6 rings (SSSR count). The Hall–Kier alpha value is -3.94. The van der Waals surface area contributed by atoms with Gasteiger partial charge < -0.3 is 39.4 Å². The van der Waals surface area contributed by atoms with Crippen molar-refractivity contribution in [1.29, 1.82) is 0 Å². The number of nitrogens with zero attached hydrogens (tertiary/aromatic N) is 1. The van der Waals surface area contributed by atoms with Crippen molar-refractivity contribution in [2.24, 2.45) is 5.92 Å². The number of esters is 2. The number of phenolic OH excluding ortho intramolecular Hbond substituents is 1. The van der Waals surface area contributed by atoms with Gasteiger partial charge in [0.2, 0.25) is 5.56 Å². The minimum atomic E-state index is -1.58. The van der Waals surface area contributed by atoms with Gasteiger partial charge in [-0.3, -0.25) is 9.59 Å². The van der Waals surface area contributed by atoms with Crippen LogP contribution in [0.5, 0.6) is 11.5 Å². The molecule has 2 aliphatic rings. The molecule has 11 nitrogen and oxygen atoms in total. The van der Waals surface area contributed by atoms with Gasteiger partial charge in [-0.1, -0.05) is 36.6 Å². The minimum absolute atomic E-state index is 0.0108. The highest BCUT2D eigenvalue weighted by Crippen LogP contribution is 2.44. The van der Waals surface area contributed by atoms with E-state index < -0.39 is 23.6 Å². The predicted octanol–water partition coefficient (Wildman–Crippen LogP) is 6.96. The monoisotopic (exact) mass is 794 g/mol. The van der Waals surface area contributed by atoms with Crippen LogP contribution in [0.25, 0.3) is 10.9 Å². The highest BCUT2D eigenvalue weighted by molar-refractivity contribution is 7.10. The maximum absolute atomic E-state index is 13.4. The molecule has 2 aromatic heterocycles. The van der Waals surface area contributed by atoms with Crippen molar-refractivity contribution in [3.8, 4) is 11.5 Å². The summed E-state index contributed by atoms with van der Waals surface area (Å²) in [6, 6.07) is 13.6. The topological polar surface area (TPSA) is 159 Å². The van der Waals surface area contributed by atoms with Crippen molar-refractivity contribution in [2.75, 3.05) is 27.3 Å². The van der Waals surface area contributed by atoms with Gasteiger partial charge in [-0.25, -0.2) is 4.79 Å². The fourth-order valence-corrected chi connectivity index (χ4v) is 9.34. The van der Waals surface area contributed by atoms with Crippen LogP contribution in [0.2, 0.25) is 5.02 Å². The summed E-state index contributed by atoms with van der Waals surface area (Å²) in [6.07, 6.45) is 7.26. The number of phenols is 1. The summed E-state index contributed by atoms with van der Waals surface area (Å²) >= 11 is 8.03. The van der Waals surface area contributed by atoms with Crippen LogP contribution in [0, 0.1) is 5.92 Å². The number of aryl methyl sites for hydroxylation is 1. The zero-order valence-corrected chi connectivity index (χ0v) is 33.0. The van der Waals surface area contributed by atoms with E-state index in [9.17, 15) is 29.7 Å². The molecule has 0 amide bonds. The summed E-state index contributed by atoms with van der Waals surface area (Å²) in [6.45, 7) is 0.779. The molecule has 2 heterocycles. The molecule has 4 N–H and O–H groups in total. The molecule has 4 aromatic rings. The number of pyridine rings is 1. The molecule has 2 aromatic carbocycles. The second-order valence-electron chi connectivity index (χ2n) is 14.9. The Morgan fingerprint density at radius 2 is 1.82 bits per heavy atom. The molecule has 55 heavy (non-hydrogen) atoms. The van der Waals surface area contributed by atoms with Gasteiger partial charge in [-0.05, 0) is 117 Å². The summed E-state index contributed by atoms with van der Waals surface area (Å²) in [5, 5.41) is 35.7. The van der Waals surface area contributed by atoms with Crippen molar-refractivity contribution >= 4 is 45.8 Å². The number of nitrogens with one attached hydrogen (secondary N) is 1. The molecule has 2 saturated carbocycles. The molecule has 0 saturated heterocycles. The number of carbonyl (C=O) groups excluding carboxylic acids is 2. The number of fused-ring (bicyclic) bond motifs is 1. The number of halogens is 1. The lowest BCUT2D eigenvalue weighted by Gasteiger charge is -2.36. The van der Waals surface area contributed by atoms with E-state index >= 15 is 0 Å². The Labute approximate surface area is 330 Å². The van der Waals surface area contributed by atoms with E-state index in [1.54, 1.807) is 31.4 Å². The lowest BCUT2D eigenvalue weighted by molar-refractivity contribution is -0.180. The summed E-state index contributed by atoms with van der Waals surface area (Å²) < 4.78 is 17.2. The van der Waals surface area contributed by atoms with Crippen LogP contribution >= 0.6 is 22.9 Å². The average Bonchev–Trinajstić information content (AvgIpc) is 3.93. The number of hydrogen-bond donors (Lipinski definition) is 4. The lowest BCUT2D eigenvalue weighted by Crippen LogP contribution is -2.45. The van der Waals surface area contributed by atoms with E-state index in [2.05, 4.69) is 9.88 Å². The first kappa shape index (κ1) is 40.7. The molecule has 296 valence electrons. The second-order valence-corrected chi connectivity index (χ2v) is 16.2. The van der Waals surface area contributed by atoms with Crippen molar-refractivity contribution < 1.29 is 39.1 Å². The first-order chi connectivity index (χ1) is 26.5. The number of aromatic amines is 1. The molecular formula is C42H51ClN2O9S. The predicted molar refractivity (Wildman–Crippen MR) is 212 cm³/mol. The van der Waals surface area contributed by atoms with Crippen LogP contribution in [0.1, 0.15) is 91.9 Å². The first-order valence-corrected chi connectivity index (χ1v) is 20.4. The minimum Gasteiger partial charge on any atom is -0.506 e. The molecule has 2 aliphatic carbocycles. The van der Waals surface area contributed by atoms with Crippen LogP contribution in [-0.4, -0.2) is 76.6 Å². The molecule has 2 atom stereocenters. The number of aromatic hydroxyl groups is 1. The van der Waals surface area contributed by atoms with Crippen molar-refractivity contribution in [2.45, 2.75) is 101 Å². The van der Waals surface area contributed by atoms with E-state index in [0.717, 1.165) is 44.1 Å². The van der Waals surface area contributed by atoms with Gasteiger partial charge in [0.25, 0.3) is 0 Å². The highest BCUT2D eigenvalue weighted by atomic mass is 35.5. The van der Waals surface area contributed by atoms with Gasteiger partial charge in [-0.15, -0.1) is 11.3 Å². The SMILES string of the molecule is COc1cc(CC(=O)OCCN(C)C2CCC(OC(=O)[C@](O)(c3cccs3)C3CCCC3)CC2)c(Cl)cc1CCC[C@H](O)c1ccc(O)c2[nH]c(=O)ccc12. The Balaban J connectivity index is 0.935. The number of hydrogen-bond acceptors (Lipinski definition) is 11. The molecule has 2 fully saturated rings. The Kier molecular flexibility index (Phi) is 13.6. The Morgan fingerprint density at radius 1 is 1.05 bits per heavy atom. The van der Waals surface area contributed by atoms with Crippen LogP contribution < -0.4 is 10.3 Å². The fraction of sp³-hybridized carbons (Fsp3) is 0.500. The van der Waals surface area contributed by atoms with Gasteiger partial charge in [0, 0.05) is 39.9 Å². The number of likely N-dealkylation sites (N-methyl/N-ethyl adjacent to an activating group) is 1. The quantitative estimate of drug-likeness (QED) is 0.0874. The standard InChI is InChI=1S/C42H51ClN2O9S/c1-45(29-12-14-30(15-13-29)54-41(50)42(51,28-8-3-4-9-28)37-11-6-22-55-37)20-21-53-39(49)25-27-24-36(52-2)26(23-33(27)43)7-5-10-34(46)31-16-18-35(47)40-32(31)17-19-38(48)44-40/h6,11,16-19,22-24,28-30,34,46-47,51H,3-5,7-10,12-15,20-21,25H2,1-2H3,(H,44,48)/t29?,30?,34-,42+/m0/s1. The van der Waals surface area contributed by atoms with Crippen LogP contribution in [-0.2, 0) is 37.5 Å². The van der Waals surface area contributed by atoms with Gasteiger partial charge in [0.1, 0.15) is 24.2 Å². The molecule has 13 heteroatoms. The van der Waals surface area contributed by atoms with E-state index in [4.69, 9.17) is 25.8 Å². The Morgan fingerprint density at radius 3 is 2.53 bits per heavy atom. The van der Waals surface area contributed by atoms with Crippen LogP contribution in [0.4, 0.5) is 0 Å². The molecule has 0 bridgehead atoms. The van der Waals surface area contributed by atoms with E-state index in [1.165, 1.54) is 23.5 Å². The smallest absolute Gasteiger partial charge is 0.344 e. The normalized spacial score (nSPS) is 19.3. The Bertz CT molecular complexity index is 1990. The first-order valence-electron chi connectivity index (χ1n) is 19.2. The van der Waals surface area contributed by atoms with E-state index in [-0.39, 0.29) is 47.9 Å².